The van der Waals surface area contributed by atoms with Crippen molar-refractivity contribution in [2.24, 2.45) is 10.7 Å². The molecule has 0 aromatic carbocycles. The molecule has 0 bridgehead atoms. The van der Waals surface area contributed by atoms with Gasteiger partial charge in [-0.2, -0.15) is 0 Å². The van der Waals surface area contributed by atoms with Crippen LogP contribution in [0.2, 0.25) is 0 Å². The minimum Gasteiger partial charge on any atom is -0.444 e. The van der Waals surface area contributed by atoms with Crippen molar-refractivity contribution in [2.45, 2.75) is 0 Å². The van der Waals surface area contributed by atoms with Gasteiger partial charge in [0.1, 0.15) is 0 Å². The number of rotatable bonds is 0. The van der Waals surface area contributed by atoms with E-state index in [-0.39, 0.29) is 16.5 Å². The molecule has 0 aromatic rings. The van der Waals surface area contributed by atoms with E-state index in [9.17, 15) is 0 Å². The fraction of sp³-hybridized carbons (Fsp3) is 0. The second kappa shape index (κ2) is 58.3. The average molecular weight is 151 g/mol. The van der Waals surface area contributed by atoms with E-state index in [1.807, 2.05) is 0 Å². The zero-order valence-electron chi connectivity index (χ0n) is 2.84. The summed E-state index contributed by atoms with van der Waals surface area (Å²) in [6.45, 7) is 0. The summed E-state index contributed by atoms with van der Waals surface area (Å²) in [6, 6.07) is 0. The van der Waals surface area contributed by atoms with E-state index in [1.165, 1.54) is 0 Å². The van der Waals surface area contributed by atoms with Gasteiger partial charge in [0.15, 0.2) is 0 Å². The Balaban J connectivity index is -0.0000000400. The summed E-state index contributed by atoms with van der Waals surface area (Å²) in [4.78, 5) is 16.0. The first-order valence-corrected chi connectivity index (χ1v) is 0.730. The third kappa shape index (κ3) is 115. The van der Waals surface area contributed by atoms with Gasteiger partial charge in [-0.25, -0.2) is 0 Å². The van der Waals surface area contributed by atoms with Gasteiger partial charge in [0, 0.05) is 0 Å². The Labute approximate surface area is 48.3 Å². The zero-order valence-corrected chi connectivity index (χ0v) is 3.83. The van der Waals surface area contributed by atoms with Crippen LogP contribution < -0.4 is 0 Å². The summed E-state index contributed by atoms with van der Waals surface area (Å²) in [5.74, 6) is 0. The van der Waals surface area contributed by atoms with E-state index in [1.54, 1.807) is 0 Å². The fourth-order valence-corrected chi connectivity index (χ4v) is 0. The third-order valence-electron chi connectivity index (χ3n) is 0. The van der Waals surface area contributed by atoms with Gasteiger partial charge in [0.05, 0.1) is 0 Å². The summed E-state index contributed by atoms with van der Waals surface area (Å²) in [5, 5.41) is 18.0. The molecule has 0 atom stereocenters. The van der Waals surface area contributed by atoms with E-state index in [0.29, 0.717) is 0 Å². The fourth-order valence-electron chi connectivity index (χ4n) is 0. The quantitative estimate of drug-likeness (QED) is 0.285. The van der Waals surface area contributed by atoms with E-state index in [2.05, 4.69) is 0 Å². The Morgan fingerprint density at radius 3 is 1.00 bits per heavy atom. The molecule has 0 amide bonds. The van der Waals surface area contributed by atoms with Crippen molar-refractivity contribution in [2.75, 3.05) is 0 Å². The monoisotopic (exact) mass is 150 g/mol. The van der Waals surface area contributed by atoms with Gasteiger partial charge in [-0.1, -0.05) is 0 Å². The van der Waals surface area contributed by atoms with Gasteiger partial charge in [-0.15, -0.1) is 10.7 Å². The second-order valence-electron chi connectivity index (χ2n) is 0.149. The summed E-state index contributed by atoms with van der Waals surface area (Å²) in [5.41, 5.74) is 0. The molecule has 0 aromatic heterocycles. The molecular formula is N2NiO4. The molecule has 7 heteroatoms. The standard InChI is InChI=1S/2HNO2.Ni/c2*2-1-3;/h2*(H,2,3);/q;;+2/p-2. The second-order valence-corrected chi connectivity index (χ2v) is 0.149. The van der Waals surface area contributed by atoms with Crippen molar-refractivity contribution in [1.29, 1.82) is 0 Å². The SMILES string of the molecule is O=N[O-].O=N[O-].[Ni+2]. The average Bonchev–Trinajstić information content (AvgIpc) is 1.39. The predicted molar refractivity (Wildman–Crippen MR) is 18.3 cm³/mol. The molecule has 0 unspecified atom stereocenters. The zero-order chi connectivity index (χ0) is 5.41. The maximum atomic E-state index is 8.00. The molecule has 0 saturated carbocycles. The van der Waals surface area contributed by atoms with Crippen LogP contribution in [0.4, 0.5) is 0 Å². The van der Waals surface area contributed by atoms with Gasteiger partial charge in [0.2, 0.25) is 0 Å². The van der Waals surface area contributed by atoms with Crippen molar-refractivity contribution in [1.82, 2.24) is 0 Å². The maximum absolute atomic E-state index is 8.00. The minimum atomic E-state index is 0. The van der Waals surface area contributed by atoms with E-state index < -0.39 is 0 Å². The summed E-state index contributed by atoms with van der Waals surface area (Å²) in [7, 11) is 0. The first-order chi connectivity index (χ1) is 2.83. The molecular weight excluding hydrogens is 151 g/mol. The molecule has 0 aliphatic rings. The van der Waals surface area contributed by atoms with Crippen molar-refractivity contribution in [3.05, 3.63) is 20.2 Å². The molecule has 44 valence electrons. The maximum Gasteiger partial charge on any atom is 2.00 e. The topological polar surface area (TPSA) is 105 Å². The van der Waals surface area contributed by atoms with E-state index in [4.69, 9.17) is 20.2 Å². The van der Waals surface area contributed by atoms with Crippen molar-refractivity contribution in [3.63, 3.8) is 0 Å². The third-order valence-corrected chi connectivity index (χ3v) is 0. The number of hydrogen-bond acceptors (Lipinski definition) is 6. The first-order valence-electron chi connectivity index (χ1n) is 0.730. The van der Waals surface area contributed by atoms with Crippen LogP contribution in [0.25, 0.3) is 0 Å². The van der Waals surface area contributed by atoms with Crippen molar-refractivity contribution < 1.29 is 16.5 Å². The summed E-state index contributed by atoms with van der Waals surface area (Å²) < 4.78 is 0. The Bertz CT molecular complexity index is 30.7. The van der Waals surface area contributed by atoms with Crippen LogP contribution in [0.15, 0.2) is 10.7 Å². The Hall–Kier alpha value is -0.706. The van der Waals surface area contributed by atoms with Gasteiger partial charge in [-0.05, 0) is 0 Å². The molecule has 0 N–H and O–H groups in total. The molecule has 6 nitrogen and oxygen atoms in total. The Morgan fingerprint density at radius 1 is 1.00 bits per heavy atom. The smallest absolute Gasteiger partial charge is 0.444 e. The molecule has 0 fully saturated rings. The van der Waals surface area contributed by atoms with Crippen LogP contribution in [-0.2, 0) is 16.5 Å². The summed E-state index contributed by atoms with van der Waals surface area (Å²) in [6.07, 6.45) is 0. The van der Waals surface area contributed by atoms with Crippen LogP contribution in [0.5, 0.6) is 0 Å². The van der Waals surface area contributed by atoms with E-state index in [0.717, 1.165) is 10.7 Å². The molecule has 0 saturated heterocycles. The van der Waals surface area contributed by atoms with Gasteiger partial charge >= 0.3 is 16.5 Å². The molecule has 0 rings (SSSR count). The normalized spacial score (nSPS) is 3.43. The van der Waals surface area contributed by atoms with E-state index >= 15 is 0 Å². The Morgan fingerprint density at radius 2 is 1.00 bits per heavy atom. The minimum absolute atomic E-state index is 0. The molecule has 0 heterocycles. The van der Waals surface area contributed by atoms with Crippen molar-refractivity contribution in [3.8, 4) is 0 Å². The van der Waals surface area contributed by atoms with Crippen LogP contribution >= 0.6 is 0 Å². The van der Waals surface area contributed by atoms with Crippen LogP contribution in [0.3, 0.4) is 0 Å². The van der Waals surface area contributed by atoms with Crippen LogP contribution in [0, 0.1) is 20.2 Å². The molecule has 0 radical (unpaired) electrons. The van der Waals surface area contributed by atoms with Gasteiger partial charge in [0.25, 0.3) is 0 Å². The number of nitrogens with zero attached hydrogens (tertiary/aromatic N) is 2. The summed E-state index contributed by atoms with van der Waals surface area (Å²) >= 11 is 0. The molecule has 0 aliphatic carbocycles. The number of hydrogen-bond donors (Lipinski definition) is 0. The van der Waals surface area contributed by atoms with Crippen LogP contribution in [0.1, 0.15) is 0 Å². The predicted octanol–water partition coefficient (Wildman–Crippen LogP) is 0.499. The van der Waals surface area contributed by atoms with Crippen LogP contribution in [-0.4, -0.2) is 0 Å². The van der Waals surface area contributed by atoms with Gasteiger partial charge < -0.3 is 20.2 Å². The van der Waals surface area contributed by atoms with Gasteiger partial charge in [-0.3, -0.25) is 0 Å². The van der Waals surface area contributed by atoms with Crippen molar-refractivity contribution >= 4 is 0 Å². The first kappa shape index (κ1) is 16.3. The largest absolute Gasteiger partial charge is 2.00 e. The molecule has 0 spiro atoms. The molecule has 0 aliphatic heterocycles. The Kier molecular flexibility index (Phi) is 135. The molecule has 7 heavy (non-hydrogen) atoms.